The van der Waals surface area contributed by atoms with Gasteiger partial charge in [-0.3, -0.25) is 0 Å². The molecule has 4 atom stereocenters. The van der Waals surface area contributed by atoms with Crippen LogP contribution in [0.4, 0.5) is 0 Å². The number of benzene rings is 2. The first-order valence-electron chi connectivity index (χ1n) is 9.58. The summed E-state index contributed by atoms with van der Waals surface area (Å²) < 4.78 is 0. The van der Waals surface area contributed by atoms with Gasteiger partial charge in [-0.05, 0) is 51.3 Å². The topological polar surface area (TPSA) is 0 Å². The minimum atomic E-state index is -0.0148. The molecule has 0 unspecified atom stereocenters. The molecule has 0 radical (unpaired) electrons. The first kappa shape index (κ1) is 16.5. The summed E-state index contributed by atoms with van der Waals surface area (Å²) in [7, 11) is -0.0296. The van der Waals surface area contributed by atoms with Crippen molar-refractivity contribution < 1.29 is 0 Å². The van der Waals surface area contributed by atoms with Gasteiger partial charge in [-0.2, -0.15) is 0 Å². The van der Waals surface area contributed by atoms with Crippen LogP contribution in [-0.4, -0.2) is 10.3 Å². The highest BCUT2D eigenvalue weighted by Crippen LogP contribution is 2.85. The Morgan fingerprint density at radius 2 is 1.08 bits per heavy atom. The lowest BCUT2D eigenvalue weighted by Gasteiger charge is -2.39. The molecule has 3 heterocycles. The van der Waals surface area contributed by atoms with E-state index in [9.17, 15) is 0 Å². The van der Waals surface area contributed by atoms with Crippen molar-refractivity contribution >= 4 is 15.8 Å². The molecule has 2 heteroatoms. The minimum Gasteiger partial charge on any atom is -0.0877 e. The molecule has 5 rings (SSSR count). The highest BCUT2D eigenvalue weighted by Gasteiger charge is 2.56. The normalized spacial score (nSPS) is 33.8. The molecule has 2 aromatic rings. The van der Waals surface area contributed by atoms with Crippen LogP contribution in [0.15, 0.2) is 48.5 Å². The quantitative estimate of drug-likeness (QED) is 0.426. The largest absolute Gasteiger partial charge is 0.0877 e. The molecular formula is C23H28P2. The molecule has 0 saturated carbocycles. The van der Waals surface area contributed by atoms with Crippen LogP contribution < -0.4 is 0 Å². The molecule has 0 bridgehead atoms. The Bertz CT molecular complexity index is 766. The number of hydrogen-bond acceptors (Lipinski definition) is 0. The molecule has 2 aromatic carbocycles. The standard InChI is InChI=1S/C23H28P2/c1-22(2)15-23(3,4)25-14-17-10-6-8-12-19(17)21(25)20-18-11-7-5-9-16(18)13-24(20)22/h5-12,20-21H,13-15H2,1-4H3/t20-,21-,24+,25+/m1/s1. The van der Waals surface area contributed by atoms with E-state index in [1.807, 2.05) is 0 Å². The van der Waals surface area contributed by atoms with Gasteiger partial charge in [-0.25, -0.2) is 0 Å². The van der Waals surface area contributed by atoms with Gasteiger partial charge < -0.3 is 0 Å². The van der Waals surface area contributed by atoms with E-state index >= 15 is 0 Å². The fraction of sp³-hybridized carbons (Fsp3) is 0.478. The van der Waals surface area contributed by atoms with E-state index in [1.165, 1.54) is 18.7 Å². The molecule has 0 aliphatic carbocycles. The first-order valence-corrected chi connectivity index (χ1v) is 12.8. The molecule has 3 aliphatic rings. The Hall–Kier alpha value is -0.700. The van der Waals surface area contributed by atoms with Crippen LogP contribution >= 0.6 is 15.8 Å². The van der Waals surface area contributed by atoms with Crippen LogP contribution in [0.1, 0.15) is 67.7 Å². The summed E-state index contributed by atoms with van der Waals surface area (Å²) >= 11 is 0. The van der Waals surface area contributed by atoms with E-state index in [0.717, 1.165) is 11.3 Å². The van der Waals surface area contributed by atoms with E-state index in [0.29, 0.717) is 10.3 Å². The van der Waals surface area contributed by atoms with Gasteiger partial charge in [0.05, 0.1) is 0 Å². The summed E-state index contributed by atoms with van der Waals surface area (Å²) in [6.45, 7) is 10.3. The summed E-state index contributed by atoms with van der Waals surface area (Å²) in [5.41, 5.74) is 8.30. The molecule has 1 saturated heterocycles. The smallest absolute Gasteiger partial charge is 0.0161 e. The summed E-state index contributed by atoms with van der Waals surface area (Å²) in [5, 5.41) is 0.953. The maximum absolute atomic E-state index is 2.59. The van der Waals surface area contributed by atoms with Gasteiger partial charge in [0.15, 0.2) is 0 Å². The Morgan fingerprint density at radius 1 is 0.680 bits per heavy atom. The van der Waals surface area contributed by atoms with Crippen LogP contribution in [0.3, 0.4) is 0 Å². The van der Waals surface area contributed by atoms with Gasteiger partial charge in [0, 0.05) is 11.3 Å². The van der Waals surface area contributed by atoms with Crippen LogP contribution in [-0.2, 0) is 12.3 Å². The maximum atomic E-state index is 2.59. The molecule has 1 fully saturated rings. The predicted octanol–water partition coefficient (Wildman–Crippen LogP) is 7.42. The Balaban J connectivity index is 1.75. The second kappa shape index (κ2) is 5.41. The fourth-order valence-corrected chi connectivity index (χ4v) is 14.5. The van der Waals surface area contributed by atoms with Gasteiger partial charge in [0.1, 0.15) is 0 Å². The van der Waals surface area contributed by atoms with Crippen molar-refractivity contribution in [1.82, 2.24) is 0 Å². The summed E-state index contributed by atoms with van der Waals surface area (Å²) in [5.74, 6) is 0. The zero-order valence-electron chi connectivity index (χ0n) is 15.8. The van der Waals surface area contributed by atoms with E-state index in [2.05, 4.69) is 76.2 Å². The second-order valence-electron chi connectivity index (χ2n) is 9.34. The van der Waals surface area contributed by atoms with Crippen molar-refractivity contribution in [2.24, 2.45) is 0 Å². The van der Waals surface area contributed by atoms with Gasteiger partial charge in [-0.1, -0.05) is 92.1 Å². The van der Waals surface area contributed by atoms with E-state index in [1.54, 1.807) is 22.3 Å². The van der Waals surface area contributed by atoms with Gasteiger partial charge in [0.2, 0.25) is 0 Å². The zero-order chi connectivity index (χ0) is 17.4. The minimum absolute atomic E-state index is 0.0148. The van der Waals surface area contributed by atoms with Gasteiger partial charge >= 0.3 is 0 Å². The number of rotatable bonds is 0. The van der Waals surface area contributed by atoms with Crippen LogP contribution in [0.5, 0.6) is 0 Å². The highest BCUT2D eigenvalue weighted by atomic mass is 31.1. The molecule has 0 N–H and O–H groups in total. The average molecular weight is 366 g/mol. The SMILES string of the molecule is CC1(C)CC(C)(C)[P@@]2Cc3ccccc3[C@@H]2[C@H]2c3ccccc3C[P@@]21. The average Bonchev–Trinajstić information content (AvgIpc) is 3.10. The van der Waals surface area contributed by atoms with Crippen molar-refractivity contribution in [1.29, 1.82) is 0 Å². The maximum Gasteiger partial charge on any atom is 0.0161 e. The zero-order valence-corrected chi connectivity index (χ0v) is 17.6. The molecule has 0 amide bonds. The summed E-state index contributed by atoms with van der Waals surface area (Å²) in [4.78, 5) is 0. The Morgan fingerprint density at radius 3 is 1.52 bits per heavy atom. The van der Waals surface area contributed by atoms with Crippen molar-refractivity contribution in [3.05, 3.63) is 70.8 Å². The Kier molecular flexibility index (Phi) is 3.56. The van der Waals surface area contributed by atoms with Crippen molar-refractivity contribution in [3.63, 3.8) is 0 Å². The number of fused-ring (bicyclic) bond motifs is 7. The molecule has 0 nitrogen and oxygen atoms in total. The van der Waals surface area contributed by atoms with Crippen LogP contribution in [0.2, 0.25) is 0 Å². The summed E-state index contributed by atoms with van der Waals surface area (Å²) in [6, 6.07) is 18.8. The van der Waals surface area contributed by atoms with Crippen molar-refractivity contribution in [3.8, 4) is 0 Å². The lowest BCUT2D eigenvalue weighted by Crippen LogP contribution is -2.29. The molecule has 25 heavy (non-hydrogen) atoms. The van der Waals surface area contributed by atoms with E-state index in [4.69, 9.17) is 0 Å². The lowest BCUT2D eigenvalue weighted by molar-refractivity contribution is 0.526. The molecular weight excluding hydrogens is 338 g/mol. The first-order chi connectivity index (χ1) is 11.9. The third kappa shape index (κ3) is 2.33. The third-order valence-electron chi connectivity index (χ3n) is 6.82. The van der Waals surface area contributed by atoms with Crippen molar-refractivity contribution in [2.45, 2.75) is 68.1 Å². The molecule has 0 spiro atoms. The monoisotopic (exact) mass is 366 g/mol. The summed E-state index contributed by atoms with van der Waals surface area (Å²) in [6.07, 6.45) is 4.09. The predicted molar refractivity (Wildman–Crippen MR) is 112 cm³/mol. The van der Waals surface area contributed by atoms with E-state index in [-0.39, 0.29) is 15.8 Å². The van der Waals surface area contributed by atoms with Gasteiger partial charge in [0.25, 0.3) is 0 Å². The lowest BCUT2D eigenvalue weighted by atomic mass is 9.98. The second-order valence-corrected chi connectivity index (χ2v) is 15.4. The fourth-order valence-electron chi connectivity index (χ4n) is 5.96. The number of hydrogen-bond donors (Lipinski definition) is 0. The van der Waals surface area contributed by atoms with Crippen LogP contribution in [0.25, 0.3) is 0 Å². The van der Waals surface area contributed by atoms with Crippen LogP contribution in [0, 0.1) is 0 Å². The highest BCUT2D eigenvalue weighted by molar-refractivity contribution is 7.64. The third-order valence-corrected chi connectivity index (χ3v) is 14.3. The molecule has 3 aliphatic heterocycles. The molecule has 0 aromatic heterocycles. The van der Waals surface area contributed by atoms with Gasteiger partial charge in [-0.15, -0.1) is 0 Å². The molecule has 130 valence electrons. The van der Waals surface area contributed by atoms with E-state index < -0.39 is 0 Å². The Labute approximate surface area is 154 Å². The van der Waals surface area contributed by atoms with Crippen molar-refractivity contribution in [2.75, 3.05) is 0 Å².